The van der Waals surface area contributed by atoms with Gasteiger partial charge in [-0.05, 0) is 30.7 Å². The first-order valence-electron chi connectivity index (χ1n) is 11.5. The quantitative estimate of drug-likeness (QED) is 0.277. The lowest BCUT2D eigenvalue weighted by Crippen LogP contribution is -2.35. The average molecular weight is 496 g/mol. The zero-order chi connectivity index (χ0) is 25.0. The van der Waals surface area contributed by atoms with E-state index in [2.05, 4.69) is 11.9 Å². The Hall–Kier alpha value is -3.72. The number of nitrogens with two attached hydrogens (primary N) is 1. The summed E-state index contributed by atoms with van der Waals surface area (Å²) in [6.07, 6.45) is 4.01. The first-order valence-corrected chi connectivity index (χ1v) is 12.4. The minimum Gasteiger partial charge on any atom is -0.484 e. The zero-order valence-electron chi connectivity index (χ0n) is 19.6. The number of carbonyl (C=O) groups excluding carboxylic acids is 3. The highest BCUT2D eigenvalue weighted by Gasteiger charge is 2.21. The predicted molar refractivity (Wildman–Crippen MR) is 135 cm³/mol. The van der Waals surface area contributed by atoms with Gasteiger partial charge in [0.15, 0.2) is 18.3 Å². The molecule has 1 aromatic heterocycles. The molecule has 2 aromatic carbocycles. The van der Waals surface area contributed by atoms with Crippen LogP contribution < -0.4 is 15.4 Å². The fourth-order valence-corrected chi connectivity index (χ4v) is 4.16. The lowest BCUT2D eigenvalue weighted by Gasteiger charge is -2.20. The van der Waals surface area contributed by atoms with E-state index < -0.39 is 18.5 Å². The fourth-order valence-electron chi connectivity index (χ4n) is 3.28. The third kappa shape index (κ3) is 7.92. The maximum Gasteiger partial charge on any atom is 0.338 e. The van der Waals surface area contributed by atoms with Gasteiger partial charge in [-0.25, -0.2) is 9.78 Å². The largest absolute Gasteiger partial charge is 0.484 e. The number of hydrogen-bond donors (Lipinski definition) is 1. The van der Waals surface area contributed by atoms with E-state index in [0.717, 1.165) is 36.9 Å². The van der Waals surface area contributed by atoms with Gasteiger partial charge in [-0.1, -0.05) is 56.5 Å². The molecule has 0 spiro atoms. The van der Waals surface area contributed by atoms with Crippen molar-refractivity contribution in [1.29, 1.82) is 0 Å². The Bertz CT molecular complexity index is 1120. The lowest BCUT2D eigenvalue weighted by molar-refractivity contribution is -0.121. The summed E-state index contributed by atoms with van der Waals surface area (Å²) in [4.78, 5) is 42.6. The van der Waals surface area contributed by atoms with Gasteiger partial charge in [0.2, 0.25) is 0 Å². The summed E-state index contributed by atoms with van der Waals surface area (Å²) in [5.41, 5.74) is 7.09. The molecule has 0 unspecified atom stereocenters. The number of nitrogens with zero attached hydrogens (tertiary/aromatic N) is 2. The summed E-state index contributed by atoms with van der Waals surface area (Å²) in [6, 6.07) is 15.8. The van der Waals surface area contributed by atoms with Gasteiger partial charge in [0, 0.05) is 17.5 Å². The van der Waals surface area contributed by atoms with Gasteiger partial charge in [0.1, 0.15) is 5.75 Å². The predicted octanol–water partition coefficient (Wildman–Crippen LogP) is 4.44. The molecule has 3 aromatic rings. The number of rotatable bonds is 13. The molecule has 2 amide bonds. The number of unbranched alkanes of at least 4 members (excludes halogenated alkanes) is 3. The number of aromatic nitrogens is 1. The van der Waals surface area contributed by atoms with Crippen LogP contribution in [0.15, 0.2) is 60.0 Å². The highest BCUT2D eigenvalue weighted by Crippen LogP contribution is 2.28. The maximum absolute atomic E-state index is 13.0. The van der Waals surface area contributed by atoms with Crippen molar-refractivity contribution in [3.63, 3.8) is 0 Å². The highest BCUT2D eigenvalue weighted by molar-refractivity contribution is 7.14. The van der Waals surface area contributed by atoms with Crippen LogP contribution in [0.3, 0.4) is 0 Å². The van der Waals surface area contributed by atoms with Crippen LogP contribution in [-0.2, 0) is 14.3 Å². The van der Waals surface area contributed by atoms with Crippen LogP contribution >= 0.6 is 11.3 Å². The topological polar surface area (TPSA) is 112 Å². The molecule has 2 N–H and O–H groups in total. The Morgan fingerprint density at radius 1 is 0.971 bits per heavy atom. The number of carbonyl (C=O) groups is 3. The molecule has 8 nitrogen and oxygen atoms in total. The molecule has 0 saturated heterocycles. The summed E-state index contributed by atoms with van der Waals surface area (Å²) in [7, 11) is 0. The Morgan fingerprint density at radius 3 is 2.40 bits per heavy atom. The average Bonchev–Trinajstić information content (AvgIpc) is 3.36. The Labute approximate surface area is 208 Å². The van der Waals surface area contributed by atoms with Crippen LogP contribution in [0.5, 0.6) is 5.75 Å². The molecule has 0 bridgehead atoms. The van der Waals surface area contributed by atoms with Crippen molar-refractivity contribution >= 4 is 34.3 Å². The first-order chi connectivity index (χ1) is 17.0. The smallest absolute Gasteiger partial charge is 0.338 e. The first kappa shape index (κ1) is 25.9. The summed E-state index contributed by atoms with van der Waals surface area (Å²) < 4.78 is 10.5. The number of amides is 2. The van der Waals surface area contributed by atoms with Crippen LogP contribution in [0.2, 0.25) is 0 Å². The molecular weight excluding hydrogens is 466 g/mol. The van der Waals surface area contributed by atoms with Gasteiger partial charge < -0.3 is 15.2 Å². The summed E-state index contributed by atoms with van der Waals surface area (Å²) in [6.45, 7) is 1.98. The number of benzene rings is 2. The van der Waals surface area contributed by atoms with Crippen molar-refractivity contribution in [2.45, 2.75) is 32.6 Å². The van der Waals surface area contributed by atoms with Gasteiger partial charge in [-0.2, -0.15) is 0 Å². The number of ether oxygens (including phenoxy) is 2. The van der Waals surface area contributed by atoms with Crippen LogP contribution in [0.1, 0.15) is 43.0 Å². The van der Waals surface area contributed by atoms with Crippen molar-refractivity contribution in [3.05, 3.63) is 65.5 Å². The lowest BCUT2D eigenvalue weighted by atomic mass is 10.2. The van der Waals surface area contributed by atoms with Crippen molar-refractivity contribution in [2.24, 2.45) is 5.73 Å². The normalized spacial score (nSPS) is 10.5. The number of esters is 1. The molecule has 184 valence electrons. The van der Waals surface area contributed by atoms with E-state index in [1.54, 1.807) is 4.90 Å². The second kappa shape index (κ2) is 13.2. The van der Waals surface area contributed by atoms with Crippen molar-refractivity contribution in [2.75, 3.05) is 24.7 Å². The molecule has 0 fully saturated rings. The molecule has 0 radical (unpaired) electrons. The molecule has 0 saturated carbocycles. The van der Waals surface area contributed by atoms with E-state index in [0.29, 0.717) is 17.4 Å². The minimum atomic E-state index is -0.630. The van der Waals surface area contributed by atoms with Crippen LogP contribution in [-0.4, -0.2) is 42.5 Å². The minimum absolute atomic E-state index is 0.255. The van der Waals surface area contributed by atoms with Gasteiger partial charge in [-0.15, -0.1) is 11.3 Å². The maximum atomic E-state index is 13.0. The molecule has 0 aliphatic carbocycles. The number of thiazole rings is 1. The van der Waals surface area contributed by atoms with Crippen LogP contribution in [0, 0.1) is 0 Å². The summed E-state index contributed by atoms with van der Waals surface area (Å²) >= 11 is 1.39. The second-order valence-corrected chi connectivity index (χ2v) is 8.68. The Balaban J connectivity index is 1.63. The van der Waals surface area contributed by atoms with E-state index in [-0.39, 0.29) is 18.1 Å². The van der Waals surface area contributed by atoms with Crippen molar-refractivity contribution in [1.82, 2.24) is 4.98 Å². The fraction of sp³-hybridized carbons (Fsp3) is 0.308. The highest BCUT2D eigenvalue weighted by atomic mass is 32.1. The van der Waals surface area contributed by atoms with Crippen molar-refractivity contribution < 1.29 is 23.9 Å². The number of hydrogen-bond acceptors (Lipinski definition) is 7. The van der Waals surface area contributed by atoms with Gasteiger partial charge in [0.05, 0.1) is 11.3 Å². The summed E-state index contributed by atoms with van der Waals surface area (Å²) in [5.74, 6) is -1.16. The molecular formula is C26H29N3O5S. The molecule has 9 heteroatoms. The van der Waals surface area contributed by atoms with E-state index in [9.17, 15) is 14.4 Å². The molecule has 1 heterocycles. The van der Waals surface area contributed by atoms with Crippen molar-refractivity contribution in [3.8, 4) is 17.0 Å². The van der Waals surface area contributed by atoms with Gasteiger partial charge in [0.25, 0.3) is 11.8 Å². The molecule has 35 heavy (non-hydrogen) atoms. The van der Waals surface area contributed by atoms with E-state index in [1.807, 2.05) is 35.7 Å². The molecule has 0 aliphatic rings. The zero-order valence-corrected chi connectivity index (χ0v) is 20.5. The van der Waals surface area contributed by atoms with E-state index >= 15 is 0 Å². The Kier molecular flexibility index (Phi) is 9.80. The third-order valence-corrected chi connectivity index (χ3v) is 5.99. The molecule has 0 atom stereocenters. The second-order valence-electron chi connectivity index (χ2n) is 7.84. The van der Waals surface area contributed by atoms with Gasteiger partial charge in [-0.3, -0.25) is 14.5 Å². The van der Waals surface area contributed by atoms with Crippen LogP contribution in [0.4, 0.5) is 5.13 Å². The Morgan fingerprint density at radius 2 is 1.71 bits per heavy atom. The summed E-state index contributed by atoms with van der Waals surface area (Å²) in [5, 5.41) is 2.50. The molecule has 0 aliphatic heterocycles. The number of anilines is 1. The van der Waals surface area contributed by atoms with Gasteiger partial charge >= 0.3 is 5.97 Å². The SMILES string of the molecule is CCCCCCN(C(=O)COC(=O)c1ccc(OCC(N)=O)cc1)c1nc(-c2ccccc2)cs1. The number of primary amides is 1. The van der Waals surface area contributed by atoms with Crippen LogP contribution in [0.25, 0.3) is 11.3 Å². The monoisotopic (exact) mass is 495 g/mol. The van der Waals surface area contributed by atoms with E-state index in [4.69, 9.17) is 15.2 Å². The standard InChI is InChI=1S/C26H29N3O5S/c1-2-3-4-8-15-29(26-28-22(18-35-26)19-9-6-5-7-10-19)24(31)17-34-25(32)20-11-13-21(14-12-20)33-16-23(27)30/h5-7,9-14,18H,2-4,8,15-17H2,1H3,(H2,27,30). The van der Waals surface area contributed by atoms with E-state index in [1.165, 1.54) is 35.6 Å². The third-order valence-electron chi connectivity index (χ3n) is 5.13. The molecule has 3 rings (SSSR count).